The lowest BCUT2D eigenvalue weighted by atomic mass is 9.69. The van der Waals surface area contributed by atoms with Gasteiger partial charge in [0.15, 0.2) is 0 Å². The van der Waals surface area contributed by atoms with Crippen LogP contribution in [0, 0.1) is 0 Å². The van der Waals surface area contributed by atoms with Crippen LogP contribution in [0.1, 0.15) is 49.8 Å². The highest BCUT2D eigenvalue weighted by atomic mass is 16.5. The molecular weight excluding hydrogens is 326 g/mol. The molecule has 1 aromatic carbocycles. The summed E-state index contributed by atoms with van der Waals surface area (Å²) >= 11 is 0. The Bertz CT molecular complexity index is 812. The standard InChI is InChI=1S/C21H25N3O2/c1-14(16-9-12-22-13-19(16)26-2)23-15-7-10-21(11-8-15)17-5-3-4-6-18(17)24-20(21)25/h3-6,9,12-15,23H,7-8,10-11H2,1-2H3,(H,24,25). The molecule has 2 N–H and O–H groups in total. The van der Waals surface area contributed by atoms with Crippen LogP contribution in [0.15, 0.2) is 42.7 Å². The van der Waals surface area contributed by atoms with Crippen LogP contribution < -0.4 is 15.4 Å². The van der Waals surface area contributed by atoms with Crippen molar-refractivity contribution in [1.29, 1.82) is 0 Å². The summed E-state index contributed by atoms with van der Waals surface area (Å²) in [6.45, 7) is 2.15. The zero-order valence-electron chi connectivity index (χ0n) is 15.3. The number of nitrogens with zero attached hydrogens (tertiary/aromatic N) is 1. The highest BCUT2D eigenvalue weighted by Crippen LogP contribution is 2.47. The lowest BCUT2D eigenvalue weighted by molar-refractivity contribution is -0.122. The number of para-hydroxylation sites is 1. The van der Waals surface area contributed by atoms with Crippen molar-refractivity contribution in [1.82, 2.24) is 10.3 Å². The average Bonchev–Trinajstić information content (AvgIpc) is 2.95. The van der Waals surface area contributed by atoms with Gasteiger partial charge in [0.25, 0.3) is 0 Å². The molecule has 5 heteroatoms. The van der Waals surface area contributed by atoms with Gasteiger partial charge in [-0.2, -0.15) is 0 Å². The van der Waals surface area contributed by atoms with E-state index in [0.29, 0.717) is 6.04 Å². The summed E-state index contributed by atoms with van der Waals surface area (Å²) in [5.74, 6) is 0.977. The minimum absolute atomic E-state index is 0.168. The molecule has 0 radical (unpaired) electrons. The van der Waals surface area contributed by atoms with Gasteiger partial charge in [0, 0.05) is 29.5 Å². The highest BCUT2D eigenvalue weighted by molar-refractivity contribution is 6.06. The Labute approximate surface area is 154 Å². The van der Waals surface area contributed by atoms with E-state index in [4.69, 9.17) is 4.74 Å². The fourth-order valence-corrected chi connectivity index (χ4v) is 4.51. The Hall–Kier alpha value is -2.40. The summed E-state index contributed by atoms with van der Waals surface area (Å²) < 4.78 is 5.43. The molecule has 1 spiro atoms. The molecule has 1 fully saturated rings. The monoisotopic (exact) mass is 351 g/mol. The van der Waals surface area contributed by atoms with Gasteiger partial charge in [-0.1, -0.05) is 18.2 Å². The van der Waals surface area contributed by atoms with E-state index in [-0.39, 0.29) is 17.4 Å². The number of nitrogens with one attached hydrogen (secondary N) is 2. The molecule has 2 aromatic rings. The van der Waals surface area contributed by atoms with E-state index in [0.717, 1.165) is 42.7 Å². The van der Waals surface area contributed by atoms with Gasteiger partial charge in [-0.05, 0) is 50.3 Å². The SMILES string of the molecule is COc1cnccc1C(C)NC1CCC2(CC1)C(=O)Nc1ccccc12. The van der Waals surface area contributed by atoms with Crippen LogP contribution in [-0.4, -0.2) is 24.0 Å². The molecule has 0 saturated heterocycles. The van der Waals surface area contributed by atoms with Crippen molar-refractivity contribution in [3.05, 3.63) is 53.9 Å². The maximum Gasteiger partial charge on any atom is 0.235 e. The lowest BCUT2D eigenvalue weighted by Gasteiger charge is -2.37. The average molecular weight is 351 g/mol. The summed E-state index contributed by atoms with van der Waals surface area (Å²) in [5.41, 5.74) is 2.93. The molecule has 1 aliphatic carbocycles. The third kappa shape index (κ3) is 2.76. The number of benzene rings is 1. The second kappa shape index (κ2) is 6.72. The summed E-state index contributed by atoms with van der Waals surface area (Å²) in [6.07, 6.45) is 7.29. The number of anilines is 1. The van der Waals surface area contributed by atoms with Crippen LogP contribution in [0.2, 0.25) is 0 Å². The first-order valence-corrected chi connectivity index (χ1v) is 9.29. The molecule has 1 amide bonds. The quantitative estimate of drug-likeness (QED) is 0.884. The van der Waals surface area contributed by atoms with Crippen LogP contribution in [0.4, 0.5) is 5.69 Å². The Morgan fingerprint density at radius 3 is 2.81 bits per heavy atom. The van der Waals surface area contributed by atoms with Gasteiger partial charge in [-0.3, -0.25) is 9.78 Å². The molecular formula is C21H25N3O2. The molecule has 4 rings (SSSR count). The van der Waals surface area contributed by atoms with E-state index in [1.54, 1.807) is 19.5 Å². The van der Waals surface area contributed by atoms with Crippen LogP contribution >= 0.6 is 0 Å². The number of pyridine rings is 1. The van der Waals surface area contributed by atoms with E-state index < -0.39 is 0 Å². The van der Waals surface area contributed by atoms with Crippen LogP contribution in [0.3, 0.4) is 0 Å². The molecule has 0 bridgehead atoms. The largest absolute Gasteiger partial charge is 0.495 e. The number of rotatable bonds is 4. The number of fused-ring (bicyclic) bond motifs is 2. The molecule has 1 aromatic heterocycles. The van der Waals surface area contributed by atoms with Crippen LogP contribution in [0.25, 0.3) is 0 Å². The van der Waals surface area contributed by atoms with Gasteiger partial charge >= 0.3 is 0 Å². The smallest absolute Gasteiger partial charge is 0.235 e. The highest BCUT2D eigenvalue weighted by Gasteiger charge is 2.48. The lowest BCUT2D eigenvalue weighted by Crippen LogP contribution is -2.44. The minimum atomic E-state index is -0.341. The topological polar surface area (TPSA) is 63.2 Å². The second-order valence-corrected chi connectivity index (χ2v) is 7.36. The number of carbonyl (C=O) groups excluding carboxylic acids is 1. The molecule has 136 valence electrons. The van der Waals surface area contributed by atoms with Crippen molar-refractivity contribution in [3.63, 3.8) is 0 Å². The number of ether oxygens (including phenoxy) is 1. The normalized spacial score (nSPS) is 25.6. The van der Waals surface area contributed by atoms with Gasteiger partial charge in [0.2, 0.25) is 5.91 Å². The van der Waals surface area contributed by atoms with Crippen molar-refractivity contribution in [2.45, 2.75) is 50.1 Å². The van der Waals surface area contributed by atoms with Gasteiger partial charge in [0.1, 0.15) is 5.75 Å². The molecule has 26 heavy (non-hydrogen) atoms. The van der Waals surface area contributed by atoms with Gasteiger partial charge in [-0.15, -0.1) is 0 Å². The maximum atomic E-state index is 12.7. The van der Waals surface area contributed by atoms with Crippen molar-refractivity contribution in [2.24, 2.45) is 0 Å². The summed E-state index contributed by atoms with van der Waals surface area (Å²) in [4.78, 5) is 16.8. The van der Waals surface area contributed by atoms with Gasteiger partial charge in [-0.25, -0.2) is 0 Å². The first-order chi connectivity index (χ1) is 12.6. The second-order valence-electron chi connectivity index (χ2n) is 7.36. The predicted octanol–water partition coefficient (Wildman–Crippen LogP) is 3.57. The van der Waals surface area contributed by atoms with Crippen LogP contribution in [-0.2, 0) is 10.2 Å². The molecule has 2 heterocycles. The third-order valence-electron chi connectivity index (χ3n) is 5.95. The van der Waals surface area contributed by atoms with Crippen molar-refractivity contribution >= 4 is 11.6 Å². The van der Waals surface area contributed by atoms with E-state index in [2.05, 4.69) is 28.6 Å². The Morgan fingerprint density at radius 1 is 1.27 bits per heavy atom. The van der Waals surface area contributed by atoms with E-state index >= 15 is 0 Å². The van der Waals surface area contributed by atoms with Crippen molar-refractivity contribution in [2.75, 3.05) is 12.4 Å². The Balaban J connectivity index is 1.45. The minimum Gasteiger partial charge on any atom is -0.495 e. The summed E-state index contributed by atoms with van der Waals surface area (Å²) in [7, 11) is 1.67. The number of carbonyl (C=O) groups is 1. The number of aromatic nitrogens is 1. The number of hydrogen-bond acceptors (Lipinski definition) is 4. The summed E-state index contributed by atoms with van der Waals surface area (Å²) in [6, 6.07) is 10.7. The van der Waals surface area contributed by atoms with E-state index in [9.17, 15) is 4.79 Å². The molecule has 1 atom stereocenters. The van der Waals surface area contributed by atoms with Gasteiger partial charge in [0.05, 0.1) is 18.7 Å². The molecule has 5 nitrogen and oxygen atoms in total. The zero-order valence-corrected chi connectivity index (χ0v) is 15.3. The molecule has 2 aliphatic rings. The summed E-state index contributed by atoms with van der Waals surface area (Å²) in [5, 5.41) is 6.79. The zero-order chi connectivity index (χ0) is 18.1. The first kappa shape index (κ1) is 17.0. The molecule has 1 aliphatic heterocycles. The first-order valence-electron chi connectivity index (χ1n) is 9.29. The van der Waals surface area contributed by atoms with E-state index in [1.807, 2.05) is 24.3 Å². The van der Waals surface area contributed by atoms with Gasteiger partial charge < -0.3 is 15.4 Å². The van der Waals surface area contributed by atoms with E-state index in [1.165, 1.54) is 5.56 Å². The van der Waals surface area contributed by atoms with Crippen LogP contribution in [0.5, 0.6) is 5.75 Å². The number of amides is 1. The maximum absolute atomic E-state index is 12.7. The molecule has 1 saturated carbocycles. The number of methoxy groups -OCH3 is 1. The fourth-order valence-electron chi connectivity index (χ4n) is 4.51. The number of hydrogen-bond donors (Lipinski definition) is 2. The Morgan fingerprint density at radius 2 is 2.04 bits per heavy atom. The molecule has 1 unspecified atom stereocenters. The predicted molar refractivity (Wildman–Crippen MR) is 101 cm³/mol. The Kier molecular flexibility index (Phi) is 4.41. The van der Waals surface area contributed by atoms with Crippen molar-refractivity contribution < 1.29 is 9.53 Å². The third-order valence-corrected chi connectivity index (χ3v) is 5.95. The fraction of sp³-hybridized carbons (Fsp3) is 0.429. The van der Waals surface area contributed by atoms with Crippen molar-refractivity contribution in [3.8, 4) is 5.75 Å².